The van der Waals surface area contributed by atoms with Gasteiger partial charge >= 0.3 is 0 Å². The molecule has 0 spiro atoms. The van der Waals surface area contributed by atoms with Crippen LogP contribution in [0.1, 0.15) is 23.6 Å². The van der Waals surface area contributed by atoms with Gasteiger partial charge in [0.2, 0.25) is 0 Å². The van der Waals surface area contributed by atoms with Crippen LogP contribution in [0.5, 0.6) is 0 Å². The smallest absolute Gasteiger partial charge is 0.191 e. The van der Waals surface area contributed by atoms with E-state index in [0.717, 1.165) is 28.0 Å². The fourth-order valence-corrected chi connectivity index (χ4v) is 3.17. The third-order valence-corrected chi connectivity index (χ3v) is 4.84. The van der Waals surface area contributed by atoms with Gasteiger partial charge in [-0.1, -0.05) is 22.0 Å². The topological polar surface area (TPSA) is 57.5 Å². The molecular weight excluding hydrogens is 411 g/mol. The van der Waals surface area contributed by atoms with E-state index in [1.165, 1.54) is 6.07 Å². The lowest BCUT2D eigenvalue weighted by Crippen LogP contribution is -2.42. The summed E-state index contributed by atoms with van der Waals surface area (Å²) in [6.45, 7) is 1.43. The molecule has 1 aromatic carbocycles. The molecule has 0 saturated heterocycles. The number of aromatic nitrogens is 2. The molecule has 2 rings (SSSR count). The third kappa shape index (κ3) is 6.62. The van der Waals surface area contributed by atoms with E-state index >= 15 is 0 Å². The number of aryl methyl sites for hydroxylation is 2. The molecule has 1 heterocycles. The van der Waals surface area contributed by atoms with Crippen molar-refractivity contribution in [3.63, 3.8) is 0 Å². The van der Waals surface area contributed by atoms with Crippen molar-refractivity contribution in [3.05, 3.63) is 52.0 Å². The van der Waals surface area contributed by atoms with Crippen LogP contribution in [-0.4, -0.2) is 54.9 Å². The summed E-state index contributed by atoms with van der Waals surface area (Å²) in [6, 6.07) is 5.38. The minimum Gasteiger partial charge on any atom is -0.356 e. The maximum absolute atomic E-state index is 13.9. The molecule has 27 heavy (non-hydrogen) atoms. The van der Waals surface area contributed by atoms with Gasteiger partial charge in [0.1, 0.15) is 5.82 Å². The largest absolute Gasteiger partial charge is 0.356 e. The van der Waals surface area contributed by atoms with Crippen LogP contribution in [0.3, 0.4) is 0 Å². The van der Waals surface area contributed by atoms with Gasteiger partial charge in [0.05, 0.1) is 12.2 Å². The highest BCUT2D eigenvalue weighted by atomic mass is 79.9. The SMILES string of the molecule is CN=C(NCCCc1ccc(Br)cc1F)NCC(c1cnn(C)c1)N(C)C. The highest BCUT2D eigenvalue weighted by Crippen LogP contribution is 2.17. The fraction of sp³-hybridized carbons (Fsp3) is 0.474. The Morgan fingerprint density at radius 2 is 2.15 bits per heavy atom. The van der Waals surface area contributed by atoms with Gasteiger partial charge in [-0.3, -0.25) is 9.67 Å². The molecule has 0 radical (unpaired) electrons. The quantitative estimate of drug-likeness (QED) is 0.377. The van der Waals surface area contributed by atoms with E-state index in [1.807, 2.05) is 45.7 Å². The molecule has 1 aromatic heterocycles. The summed E-state index contributed by atoms with van der Waals surface area (Å²) >= 11 is 3.28. The molecule has 0 aliphatic carbocycles. The number of nitrogens with one attached hydrogen (secondary N) is 2. The van der Waals surface area contributed by atoms with Crippen LogP contribution in [0.25, 0.3) is 0 Å². The molecule has 6 nitrogen and oxygen atoms in total. The maximum Gasteiger partial charge on any atom is 0.191 e. The number of likely N-dealkylation sites (N-methyl/N-ethyl adjacent to an activating group) is 1. The van der Waals surface area contributed by atoms with Gasteiger partial charge in [0, 0.05) is 43.4 Å². The third-order valence-electron chi connectivity index (χ3n) is 4.35. The van der Waals surface area contributed by atoms with Crippen LogP contribution in [0.15, 0.2) is 40.1 Å². The van der Waals surface area contributed by atoms with Gasteiger partial charge in [-0.05, 0) is 44.6 Å². The number of aliphatic imine (C=N–C) groups is 1. The van der Waals surface area contributed by atoms with Crippen molar-refractivity contribution in [2.75, 3.05) is 34.2 Å². The Bertz CT molecular complexity index is 758. The summed E-state index contributed by atoms with van der Waals surface area (Å²) in [6.07, 6.45) is 5.41. The molecule has 0 bridgehead atoms. The standard InChI is InChI=1S/C19H28BrFN6/c1-22-19(23-9-5-6-14-7-8-16(20)10-17(14)21)24-12-18(26(2)3)15-11-25-27(4)13-15/h7-8,10-11,13,18H,5-6,9,12H2,1-4H3,(H2,22,23,24). The number of guanidine groups is 1. The van der Waals surface area contributed by atoms with Crippen LogP contribution in [0, 0.1) is 5.82 Å². The highest BCUT2D eigenvalue weighted by molar-refractivity contribution is 9.10. The second kappa shape index (κ2) is 10.4. The second-order valence-corrected chi connectivity index (χ2v) is 7.56. The zero-order chi connectivity index (χ0) is 19.8. The summed E-state index contributed by atoms with van der Waals surface area (Å²) in [4.78, 5) is 6.41. The number of rotatable bonds is 8. The van der Waals surface area contributed by atoms with E-state index in [-0.39, 0.29) is 11.9 Å². The van der Waals surface area contributed by atoms with E-state index in [0.29, 0.717) is 19.5 Å². The predicted octanol–water partition coefficient (Wildman–Crippen LogP) is 2.72. The number of nitrogens with zero attached hydrogens (tertiary/aromatic N) is 4. The minimum atomic E-state index is -0.169. The number of hydrogen-bond acceptors (Lipinski definition) is 3. The average molecular weight is 439 g/mol. The van der Waals surface area contributed by atoms with Crippen LogP contribution in [0.4, 0.5) is 4.39 Å². The molecule has 2 N–H and O–H groups in total. The van der Waals surface area contributed by atoms with Gasteiger partial charge in [-0.25, -0.2) is 4.39 Å². The molecule has 0 aliphatic heterocycles. The Balaban J connectivity index is 1.79. The van der Waals surface area contributed by atoms with Gasteiger partial charge in [-0.2, -0.15) is 5.10 Å². The summed E-state index contributed by atoms with van der Waals surface area (Å²) < 4.78 is 16.4. The maximum atomic E-state index is 13.9. The van der Waals surface area contributed by atoms with Crippen LogP contribution < -0.4 is 10.6 Å². The van der Waals surface area contributed by atoms with Crippen molar-refractivity contribution >= 4 is 21.9 Å². The summed E-state index contributed by atoms with van der Waals surface area (Å²) in [5.74, 6) is 0.569. The number of halogens is 2. The lowest BCUT2D eigenvalue weighted by Gasteiger charge is -2.24. The van der Waals surface area contributed by atoms with Crippen LogP contribution in [-0.2, 0) is 13.5 Å². The number of benzene rings is 1. The van der Waals surface area contributed by atoms with Gasteiger partial charge in [-0.15, -0.1) is 0 Å². The Morgan fingerprint density at radius 1 is 1.37 bits per heavy atom. The highest BCUT2D eigenvalue weighted by Gasteiger charge is 2.16. The second-order valence-electron chi connectivity index (χ2n) is 6.65. The molecule has 8 heteroatoms. The van der Waals surface area contributed by atoms with E-state index < -0.39 is 0 Å². The van der Waals surface area contributed by atoms with Crippen molar-refractivity contribution in [3.8, 4) is 0 Å². The molecule has 2 aromatic rings. The molecule has 0 amide bonds. The zero-order valence-electron chi connectivity index (χ0n) is 16.3. The fourth-order valence-electron chi connectivity index (χ4n) is 2.83. The Kier molecular flexibility index (Phi) is 8.24. The molecule has 0 fully saturated rings. The Labute approximate surface area is 169 Å². The average Bonchev–Trinajstić information content (AvgIpc) is 3.04. The first-order chi connectivity index (χ1) is 12.9. The first kappa shape index (κ1) is 21.4. The number of hydrogen-bond donors (Lipinski definition) is 2. The van der Waals surface area contributed by atoms with Crippen LogP contribution in [0.2, 0.25) is 0 Å². The van der Waals surface area contributed by atoms with Crippen molar-refractivity contribution in [1.29, 1.82) is 0 Å². The van der Waals surface area contributed by atoms with Gasteiger partial charge in [0.25, 0.3) is 0 Å². The first-order valence-electron chi connectivity index (χ1n) is 8.94. The van der Waals surface area contributed by atoms with Crippen molar-refractivity contribution in [2.24, 2.45) is 12.0 Å². The van der Waals surface area contributed by atoms with Gasteiger partial charge in [0.15, 0.2) is 5.96 Å². The first-order valence-corrected chi connectivity index (χ1v) is 9.73. The molecule has 1 atom stereocenters. The van der Waals surface area contributed by atoms with Gasteiger partial charge < -0.3 is 15.5 Å². The van der Waals surface area contributed by atoms with E-state index in [2.05, 4.69) is 41.6 Å². The predicted molar refractivity (Wildman–Crippen MR) is 111 cm³/mol. The lowest BCUT2D eigenvalue weighted by molar-refractivity contribution is 0.298. The summed E-state index contributed by atoms with van der Waals surface area (Å²) in [7, 11) is 7.75. The molecule has 1 unspecified atom stereocenters. The summed E-state index contributed by atoms with van der Waals surface area (Å²) in [5, 5.41) is 10.9. The molecule has 0 saturated carbocycles. The van der Waals surface area contributed by atoms with E-state index in [9.17, 15) is 4.39 Å². The lowest BCUT2D eigenvalue weighted by atomic mass is 10.1. The molecular formula is C19H28BrFN6. The zero-order valence-corrected chi connectivity index (χ0v) is 17.9. The minimum absolute atomic E-state index is 0.169. The Hall–Kier alpha value is -1.93. The van der Waals surface area contributed by atoms with E-state index in [4.69, 9.17) is 0 Å². The monoisotopic (exact) mass is 438 g/mol. The Morgan fingerprint density at radius 3 is 2.74 bits per heavy atom. The summed E-state index contributed by atoms with van der Waals surface area (Å²) in [5.41, 5.74) is 1.88. The van der Waals surface area contributed by atoms with Crippen molar-refractivity contribution in [2.45, 2.75) is 18.9 Å². The molecule has 0 aliphatic rings. The molecule has 148 valence electrons. The van der Waals surface area contributed by atoms with Crippen molar-refractivity contribution in [1.82, 2.24) is 25.3 Å². The van der Waals surface area contributed by atoms with Crippen molar-refractivity contribution < 1.29 is 4.39 Å². The normalized spacial score (nSPS) is 13.1. The van der Waals surface area contributed by atoms with E-state index in [1.54, 1.807) is 11.7 Å². The van der Waals surface area contributed by atoms with Crippen LogP contribution >= 0.6 is 15.9 Å².